The number of carbonyl (C=O) groups excluding carboxylic acids is 1. The van der Waals surface area contributed by atoms with Crippen LogP contribution in [0.5, 0.6) is 0 Å². The molecule has 0 aromatic carbocycles. The Morgan fingerprint density at radius 3 is 2.42 bits per heavy atom. The molecule has 0 radical (unpaired) electrons. The minimum absolute atomic E-state index is 0.113. The van der Waals surface area contributed by atoms with Crippen LogP contribution in [0.4, 0.5) is 13.2 Å². The van der Waals surface area contributed by atoms with Gasteiger partial charge in [-0.1, -0.05) is 32.5 Å². The predicted octanol–water partition coefficient (Wildman–Crippen LogP) is 4.31. The van der Waals surface area contributed by atoms with Gasteiger partial charge in [-0.3, -0.25) is 4.79 Å². The molecule has 8 heteroatoms. The highest BCUT2D eigenvalue weighted by Crippen LogP contribution is 2.39. The van der Waals surface area contributed by atoms with E-state index in [1.54, 1.807) is 33.8 Å². The fraction of sp³-hybridized carbons (Fsp3) is 0.562. The molecule has 0 amide bonds. The van der Waals surface area contributed by atoms with Crippen molar-refractivity contribution in [3.63, 3.8) is 0 Å². The van der Waals surface area contributed by atoms with Crippen LogP contribution >= 0.6 is 11.8 Å². The monoisotopic (exact) mass is 360 g/mol. The maximum atomic E-state index is 13.3. The van der Waals surface area contributed by atoms with Crippen molar-refractivity contribution in [3.8, 4) is 6.07 Å². The highest BCUT2D eigenvalue weighted by atomic mass is 32.2. The van der Waals surface area contributed by atoms with Crippen molar-refractivity contribution in [2.45, 2.75) is 56.5 Å². The Labute approximate surface area is 143 Å². The van der Waals surface area contributed by atoms with E-state index in [0.717, 1.165) is 17.8 Å². The average molecular weight is 360 g/mol. The minimum Gasteiger partial charge on any atom is -0.465 e. The number of rotatable bonds is 4. The van der Waals surface area contributed by atoms with E-state index in [1.165, 1.54) is 6.92 Å². The van der Waals surface area contributed by atoms with Crippen molar-refractivity contribution in [2.24, 2.45) is 0 Å². The van der Waals surface area contributed by atoms with E-state index >= 15 is 0 Å². The highest BCUT2D eigenvalue weighted by Gasteiger charge is 2.37. The quantitative estimate of drug-likeness (QED) is 0.591. The Bertz CT molecular complexity index is 661. The van der Waals surface area contributed by atoms with Gasteiger partial charge in [0.2, 0.25) is 0 Å². The molecule has 1 aromatic heterocycles. The van der Waals surface area contributed by atoms with Crippen LogP contribution in [0.1, 0.15) is 51.4 Å². The van der Waals surface area contributed by atoms with Gasteiger partial charge >= 0.3 is 12.1 Å². The topological polar surface area (TPSA) is 63.0 Å². The molecule has 1 unspecified atom stereocenters. The second-order valence-electron chi connectivity index (χ2n) is 6.11. The summed E-state index contributed by atoms with van der Waals surface area (Å²) in [5.41, 5.74) is -2.05. The van der Waals surface area contributed by atoms with Gasteiger partial charge in [0, 0.05) is 11.1 Å². The molecule has 4 nitrogen and oxygen atoms in total. The molecule has 0 aliphatic carbocycles. The number of hydrogen-bond acceptors (Lipinski definition) is 5. The molecule has 0 saturated heterocycles. The molecule has 1 heterocycles. The van der Waals surface area contributed by atoms with E-state index in [2.05, 4.69) is 4.98 Å². The minimum atomic E-state index is -4.68. The fourth-order valence-electron chi connectivity index (χ4n) is 1.80. The standard InChI is InChI=1S/C16H19F3N2O2S/c1-6-23-14(22)9(2)24-13-10(8-20)11(16(17,18)19)7-12(21-13)15(3,4)5/h7,9H,6H2,1-5H3. The molecule has 0 aliphatic rings. The van der Waals surface area contributed by atoms with Crippen LogP contribution < -0.4 is 0 Å². The van der Waals surface area contributed by atoms with Gasteiger partial charge in [-0.2, -0.15) is 18.4 Å². The first-order valence-corrected chi connectivity index (χ1v) is 8.15. The molecule has 1 rings (SSSR count). The summed E-state index contributed by atoms with van der Waals surface area (Å²) in [4.78, 5) is 15.9. The van der Waals surface area contributed by atoms with Gasteiger partial charge < -0.3 is 4.74 Å². The van der Waals surface area contributed by atoms with Crippen molar-refractivity contribution in [2.75, 3.05) is 6.61 Å². The third-order valence-corrected chi connectivity index (χ3v) is 4.14. The molecule has 0 spiro atoms. The molecule has 0 fully saturated rings. The first-order valence-electron chi connectivity index (χ1n) is 7.27. The van der Waals surface area contributed by atoms with E-state index < -0.39 is 33.9 Å². The summed E-state index contributed by atoms with van der Waals surface area (Å²) in [6.45, 7) is 8.48. The smallest absolute Gasteiger partial charge is 0.417 e. The number of nitrogens with zero attached hydrogens (tertiary/aromatic N) is 2. The van der Waals surface area contributed by atoms with Crippen LogP contribution in [0.25, 0.3) is 0 Å². The van der Waals surface area contributed by atoms with Crippen molar-refractivity contribution in [1.29, 1.82) is 5.26 Å². The van der Waals surface area contributed by atoms with E-state index in [9.17, 15) is 23.2 Å². The third kappa shape index (κ3) is 4.87. The fourth-order valence-corrected chi connectivity index (χ4v) is 2.72. The van der Waals surface area contributed by atoms with Crippen LogP contribution in [0.2, 0.25) is 0 Å². The summed E-state index contributed by atoms with van der Waals surface area (Å²) in [7, 11) is 0. The van der Waals surface area contributed by atoms with Crippen molar-refractivity contribution < 1.29 is 22.7 Å². The summed E-state index contributed by atoms with van der Waals surface area (Å²) in [6, 6.07) is 2.47. The molecule has 1 atom stereocenters. The van der Waals surface area contributed by atoms with E-state index in [-0.39, 0.29) is 17.3 Å². The summed E-state index contributed by atoms with van der Waals surface area (Å²) in [5, 5.41) is 8.30. The molecule has 1 aromatic rings. The number of alkyl halides is 3. The summed E-state index contributed by atoms with van der Waals surface area (Å²) in [6.07, 6.45) is -4.68. The van der Waals surface area contributed by atoms with Crippen molar-refractivity contribution in [3.05, 3.63) is 22.9 Å². The average Bonchev–Trinajstić information content (AvgIpc) is 2.44. The first-order chi connectivity index (χ1) is 10.9. The zero-order valence-electron chi connectivity index (χ0n) is 14.1. The van der Waals surface area contributed by atoms with E-state index in [1.807, 2.05) is 0 Å². The Morgan fingerprint density at radius 1 is 1.42 bits per heavy atom. The maximum absolute atomic E-state index is 13.3. The lowest BCUT2D eigenvalue weighted by molar-refractivity contribution is -0.142. The zero-order valence-corrected chi connectivity index (χ0v) is 14.9. The Balaban J connectivity index is 3.47. The van der Waals surface area contributed by atoms with Gasteiger partial charge in [0.1, 0.15) is 16.3 Å². The SMILES string of the molecule is CCOC(=O)C(C)Sc1nc(C(C)(C)C)cc(C(F)(F)F)c1C#N. The molecule has 0 bridgehead atoms. The lowest BCUT2D eigenvalue weighted by Gasteiger charge is -2.22. The van der Waals surface area contributed by atoms with Gasteiger partial charge in [-0.05, 0) is 19.9 Å². The Morgan fingerprint density at radius 2 is 2.00 bits per heavy atom. The number of pyridine rings is 1. The summed E-state index contributed by atoms with van der Waals surface area (Å²) >= 11 is 0.795. The lowest BCUT2D eigenvalue weighted by atomic mass is 9.90. The van der Waals surface area contributed by atoms with Crippen molar-refractivity contribution in [1.82, 2.24) is 4.98 Å². The predicted molar refractivity (Wildman–Crippen MR) is 84.6 cm³/mol. The Hall–Kier alpha value is -1.75. The first kappa shape index (κ1) is 20.3. The van der Waals surface area contributed by atoms with Crippen LogP contribution in [-0.4, -0.2) is 22.8 Å². The van der Waals surface area contributed by atoms with Crippen LogP contribution in [-0.2, 0) is 21.1 Å². The summed E-state index contributed by atoms with van der Waals surface area (Å²) < 4.78 is 44.8. The number of esters is 1. The third-order valence-electron chi connectivity index (χ3n) is 3.08. The Kier molecular flexibility index (Phi) is 6.28. The molecule has 0 N–H and O–H groups in total. The molecule has 24 heavy (non-hydrogen) atoms. The van der Waals surface area contributed by atoms with E-state index in [0.29, 0.717) is 0 Å². The largest absolute Gasteiger partial charge is 0.465 e. The van der Waals surface area contributed by atoms with Crippen molar-refractivity contribution >= 4 is 17.7 Å². The number of carbonyl (C=O) groups is 1. The molecule has 132 valence electrons. The summed E-state index contributed by atoms with van der Waals surface area (Å²) in [5.74, 6) is -0.567. The van der Waals surface area contributed by atoms with Crippen LogP contribution in [0.3, 0.4) is 0 Å². The van der Waals surface area contributed by atoms with Gasteiger partial charge in [0.25, 0.3) is 0 Å². The number of halogens is 3. The number of nitriles is 1. The zero-order chi connectivity index (χ0) is 18.7. The number of ether oxygens (including phenoxy) is 1. The molecular weight excluding hydrogens is 341 g/mol. The number of aromatic nitrogens is 1. The van der Waals surface area contributed by atoms with Gasteiger partial charge in [0.15, 0.2) is 0 Å². The molecule has 0 aliphatic heterocycles. The van der Waals surface area contributed by atoms with Gasteiger partial charge in [0.05, 0.1) is 17.7 Å². The second kappa shape index (κ2) is 7.43. The second-order valence-corrected chi connectivity index (χ2v) is 7.44. The number of thioether (sulfide) groups is 1. The van der Waals surface area contributed by atoms with Gasteiger partial charge in [-0.15, -0.1) is 0 Å². The molecular formula is C16H19F3N2O2S. The lowest BCUT2D eigenvalue weighted by Crippen LogP contribution is -2.21. The maximum Gasteiger partial charge on any atom is 0.417 e. The normalized spacial score (nSPS) is 13.3. The van der Waals surface area contributed by atoms with Crippen LogP contribution in [0, 0.1) is 11.3 Å². The van der Waals surface area contributed by atoms with Crippen LogP contribution in [0.15, 0.2) is 11.1 Å². The molecule has 0 saturated carbocycles. The number of hydrogen-bond donors (Lipinski definition) is 0. The highest BCUT2D eigenvalue weighted by molar-refractivity contribution is 8.00. The van der Waals surface area contributed by atoms with Gasteiger partial charge in [-0.25, -0.2) is 4.98 Å². The van der Waals surface area contributed by atoms with E-state index in [4.69, 9.17) is 4.74 Å².